The molecule has 100 valence electrons. The number of pyridine rings is 1. The molecule has 1 aromatic carbocycles. The van der Waals surface area contributed by atoms with Crippen molar-refractivity contribution in [3.63, 3.8) is 0 Å². The van der Waals surface area contributed by atoms with E-state index in [0.29, 0.717) is 17.9 Å². The van der Waals surface area contributed by atoms with Gasteiger partial charge in [0.05, 0.1) is 6.04 Å². The molecular weight excluding hydrogens is 359 g/mol. The number of aromatic nitrogens is 1. The smallest absolute Gasteiger partial charge is 0.0555 e. The number of nitrogens with one attached hydrogen (secondary N) is 1. The van der Waals surface area contributed by atoms with Crippen LogP contribution in [0.3, 0.4) is 0 Å². The second-order valence-electron chi connectivity index (χ2n) is 5.49. The number of rotatable bonds is 1. The van der Waals surface area contributed by atoms with E-state index in [9.17, 15) is 0 Å². The van der Waals surface area contributed by atoms with Gasteiger partial charge in [-0.3, -0.25) is 4.98 Å². The number of hydrogen-bond donors (Lipinski definition) is 1. The molecule has 0 spiro atoms. The summed E-state index contributed by atoms with van der Waals surface area (Å²) in [6.07, 6.45) is 9.64. The molecule has 4 rings (SSSR count). The molecule has 2 aliphatic rings. The van der Waals surface area contributed by atoms with E-state index in [1.54, 1.807) is 0 Å². The highest BCUT2D eigenvalue weighted by Crippen LogP contribution is 2.49. The first-order valence-electron chi connectivity index (χ1n) is 6.95. The molecule has 2 aromatic rings. The van der Waals surface area contributed by atoms with Crippen LogP contribution in [-0.2, 0) is 0 Å². The van der Waals surface area contributed by atoms with Crippen LogP contribution in [0.25, 0.3) is 0 Å². The second kappa shape index (κ2) is 4.88. The van der Waals surface area contributed by atoms with Crippen molar-refractivity contribution in [2.45, 2.75) is 18.4 Å². The summed E-state index contributed by atoms with van der Waals surface area (Å²) in [6, 6.07) is 11.3. The van der Waals surface area contributed by atoms with Gasteiger partial charge in [-0.05, 0) is 76.4 Å². The van der Waals surface area contributed by atoms with Crippen molar-refractivity contribution in [2.24, 2.45) is 5.92 Å². The number of hydrogen-bond acceptors (Lipinski definition) is 2. The maximum Gasteiger partial charge on any atom is 0.0555 e. The van der Waals surface area contributed by atoms with E-state index in [1.807, 2.05) is 12.4 Å². The Morgan fingerprint density at radius 1 is 1.15 bits per heavy atom. The summed E-state index contributed by atoms with van der Waals surface area (Å²) in [7, 11) is 0. The van der Waals surface area contributed by atoms with Crippen molar-refractivity contribution in [1.29, 1.82) is 0 Å². The van der Waals surface area contributed by atoms with Crippen molar-refractivity contribution >= 4 is 28.3 Å². The highest BCUT2D eigenvalue weighted by atomic mass is 127. The van der Waals surface area contributed by atoms with Crippen LogP contribution < -0.4 is 5.32 Å². The van der Waals surface area contributed by atoms with E-state index >= 15 is 0 Å². The Kier molecular flexibility index (Phi) is 3.02. The molecule has 0 unspecified atom stereocenters. The van der Waals surface area contributed by atoms with Gasteiger partial charge >= 0.3 is 0 Å². The monoisotopic (exact) mass is 374 g/mol. The summed E-state index contributed by atoms with van der Waals surface area (Å²) in [5, 5.41) is 3.74. The molecule has 0 fully saturated rings. The minimum Gasteiger partial charge on any atom is -0.378 e. The van der Waals surface area contributed by atoms with Crippen molar-refractivity contribution in [3.8, 4) is 0 Å². The van der Waals surface area contributed by atoms with E-state index in [1.165, 1.54) is 20.4 Å². The molecule has 0 saturated heterocycles. The van der Waals surface area contributed by atoms with Crippen LogP contribution in [0.2, 0.25) is 0 Å². The molecular formula is C17H15IN2. The third-order valence-electron chi connectivity index (χ3n) is 4.39. The summed E-state index contributed by atoms with van der Waals surface area (Å²) in [5.41, 5.74) is 4.06. The lowest BCUT2D eigenvalue weighted by Gasteiger charge is -2.37. The van der Waals surface area contributed by atoms with Crippen LogP contribution in [0, 0.1) is 9.49 Å². The lowest BCUT2D eigenvalue weighted by Crippen LogP contribution is -2.29. The van der Waals surface area contributed by atoms with Gasteiger partial charge in [0.1, 0.15) is 0 Å². The van der Waals surface area contributed by atoms with E-state index in [0.717, 1.165) is 6.42 Å². The summed E-state index contributed by atoms with van der Waals surface area (Å²) in [4.78, 5) is 4.14. The minimum atomic E-state index is 0.380. The largest absolute Gasteiger partial charge is 0.378 e. The zero-order valence-electron chi connectivity index (χ0n) is 11.0. The van der Waals surface area contributed by atoms with E-state index < -0.39 is 0 Å². The summed E-state index contributed by atoms with van der Waals surface area (Å²) < 4.78 is 1.31. The molecule has 1 N–H and O–H groups in total. The molecule has 0 bridgehead atoms. The number of benzene rings is 1. The highest BCUT2D eigenvalue weighted by molar-refractivity contribution is 14.1. The SMILES string of the molecule is Ic1ccc2c(c1)[C@@H]1C=CC[C@H]1[C@H](c1ccncc1)N2. The third-order valence-corrected chi connectivity index (χ3v) is 5.06. The molecule has 0 saturated carbocycles. The van der Waals surface area contributed by atoms with Crippen LogP contribution in [0.1, 0.15) is 29.5 Å². The Balaban J connectivity index is 1.80. The first kappa shape index (κ1) is 12.4. The summed E-state index contributed by atoms with van der Waals surface area (Å²) in [6.45, 7) is 0. The molecule has 0 amide bonds. The lowest BCUT2D eigenvalue weighted by molar-refractivity contribution is 0.425. The van der Waals surface area contributed by atoms with Gasteiger partial charge in [0, 0.05) is 27.6 Å². The molecule has 1 aliphatic heterocycles. The number of halogens is 1. The Hall–Kier alpha value is -1.36. The molecule has 1 aliphatic carbocycles. The predicted molar refractivity (Wildman–Crippen MR) is 89.7 cm³/mol. The van der Waals surface area contributed by atoms with E-state index in [4.69, 9.17) is 0 Å². The van der Waals surface area contributed by atoms with Crippen molar-refractivity contribution in [1.82, 2.24) is 4.98 Å². The zero-order valence-corrected chi connectivity index (χ0v) is 13.1. The standard InChI is InChI=1S/C17H15IN2/c18-12-4-5-16-15(10-12)13-2-1-3-14(13)17(20-16)11-6-8-19-9-7-11/h1-2,4-10,13-14,17,20H,3H2/t13-,14-,17+/m1/s1. The van der Waals surface area contributed by atoms with Crippen LogP contribution in [0.4, 0.5) is 5.69 Å². The van der Waals surface area contributed by atoms with E-state index in [2.05, 4.69) is 75.4 Å². The fourth-order valence-electron chi connectivity index (χ4n) is 3.47. The normalized spacial score (nSPS) is 26.8. The van der Waals surface area contributed by atoms with Crippen molar-refractivity contribution in [2.75, 3.05) is 5.32 Å². The highest BCUT2D eigenvalue weighted by Gasteiger charge is 2.37. The molecule has 2 heterocycles. The zero-order chi connectivity index (χ0) is 13.5. The Morgan fingerprint density at radius 3 is 2.85 bits per heavy atom. The molecule has 3 heteroatoms. The van der Waals surface area contributed by atoms with Gasteiger partial charge in [0.2, 0.25) is 0 Å². The molecule has 20 heavy (non-hydrogen) atoms. The summed E-state index contributed by atoms with van der Waals surface area (Å²) in [5.74, 6) is 1.15. The Labute approximate surface area is 132 Å². The topological polar surface area (TPSA) is 24.9 Å². The number of anilines is 1. The molecule has 2 nitrogen and oxygen atoms in total. The van der Waals surface area contributed by atoms with Gasteiger partial charge in [0.15, 0.2) is 0 Å². The van der Waals surface area contributed by atoms with Gasteiger partial charge in [-0.2, -0.15) is 0 Å². The average Bonchev–Trinajstić information content (AvgIpc) is 2.97. The predicted octanol–water partition coefficient (Wildman–Crippen LogP) is 4.51. The van der Waals surface area contributed by atoms with E-state index in [-0.39, 0.29) is 0 Å². The van der Waals surface area contributed by atoms with Crippen molar-refractivity contribution in [3.05, 3.63) is 69.6 Å². The quantitative estimate of drug-likeness (QED) is 0.587. The van der Waals surface area contributed by atoms with Crippen LogP contribution >= 0.6 is 22.6 Å². The van der Waals surface area contributed by atoms with Gasteiger partial charge in [0.25, 0.3) is 0 Å². The first-order chi connectivity index (χ1) is 9.83. The third kappa shape index (κ3) is 1.95. The molecule has 3 atom stereocenters. The van der Waals surface area contributed by atoms with Gasteiger partial charge in [-0.15, -0.1) is 0 Å². The fourth-order valence-corrected chi connectivity index (χ4v) is 3.98. The first-order valence-corrected chi connectivity index (χ1v) is 8.03. The minimum absolute atomic E-state index is 0.380. The van der Waals surface area contributed by atoms with Crippen LogP contribution in [0.15, 0.2) is 54.9 Å². The molecule has 1 aromatic heterocycles. The maximum absolute atomic E-state index is 4.14. The number of nitrogens with zero attached hydrogens (tertiary/aromatic N) is 1. The summed E-state index contributed by atoms with van der Waals surface area (Å²) >= 11 is 2.40. The van der Waals surface area contributed by atoms with Crippen LogP contribution in [0.5, 0.6) is 0 Å². The van der Waals surface area contributed by atoms with Crippen molar-refractivity contribution < 1.29 is 0 Å². The second-order valence-corrected chi connectivity index (χ2v) is 6.73. The number of fused-ring (bicyclic) bond motifs is 3. The Bertz CT molecular complexity index is 666. The van der Waals surface area contributed by atoms with Gasteiger partial charge < -0.3 is 5.32 Å². The average molecular weight is 374 g/mol. The fraction of sp³-hybridized carbons (Fsp3) is 0.235. The maximum atomic E-state index is 4.14. The Morgan fingerprint density at radius 2 is 2.00 bits per heavy atom. The van der Waals surface area contributed by atoms with Gasteiger partial charge in [-0.1, -0.05) is 12.2 Å². The van der Waals surface area contributed by atoms with Crippen LogP contribution in [-0.4, -0.2) is 4.98 Å². The number of allylic oxidation sites excluding steroid dienone is 2. The molecule has 0 radical (unpaired) electrons. The van der Waals surface area contributed by atoms with Gasteiger partial charge in [-0.25, -0.2) is 0 Å². The lowest BCUT2D eigenvalue weighted by atomic mass is 9.77.